The zero-order valence-corrected chi connectivity index (χ0v) is 12.0. The number of rotatable bonds is 4. The minimum atomic E-state index is 0.402. The van der Waals surface area contributed by atoms with Gasteiger partial charge in [0.15, 0.2) is 0 Å². The summed E-state index contributed by atoms with van der Waals surface area (Å²) in [5.74, 6) is 7.61. The number of para-hydroxylation sites is 1. The molecule has 0 saturated carbocycles. The summed E-state index contributed by atoms with van der Waals surface area (Å²) in [6.07, 6.45) is 1.70. The van der Waals surface area contributed by atoms with Crippen LogP contribution in [0.1, 0.15) is 11.3 Å². The highest BCUT2D eigenvalue weighted by Crippen LogP contribution is 2.26. The van der Waals surface area contributed by atoms with Crippen LogP contribution in [0.15, 0.2) is 41.0 Å². The highest BCUT2D eigenvalue weighted by Gasteiger charge is 2.13. The van der Waals surface area contributed by atoms with E-state index >= 15 is 0 Å². The molecule has 0 fully saturated rings. The van der Waals surface area contributed by atoms with Crippen molar-refractivity contribution in [2.24, 2.45) is 5.84 Å². The molecule has 3 aromatic rings. The van der Waals surface area contributed by atoms with Crippen molar-refractivity contribution in [3.63, 3.8) is 0 Å². The van der Waals surface area contributed by atoms with E-state index in [4.69, 9.17) is 10.3 Å². The predicted octanol–water partition coefficient (Wildman–Crippen LogP) is 2.45. The molecule has 0 aliphatic heterocycles. The van der Waals surface area contributed by atoms with E-state index < -0.39 is 0 Å². The Bertz CT molecular complexity index is 768. The van der Waals surface area contributed by atoms with E-state index in [9.17, 15) is 0 Å². The van der Waals surface area contributed by atoms with Crippen molar-refractivity contribution >= 4 is 22.7 Å². The molecule has 0 atom stereocenters. The van der Waals surface area contributed by atoms with Crippen molar-refractivity contribution in [2.45, 2.75) is 13.5 Å². The molecule has 0 bridgehead atoms. The Balaban J connectivity index is 2.04. The van der Waals surface area contributed by atoms with Crippen molar-refractivity contribution in [1.82, 2.24) is 9.97 Å². The van der Waals surface area contributed by atoms with Crippen LogP contribution in [0.25, 0.3) is 10.9 Å². The second-order valence-corrected chi connectivity index (χ2v) is 4.89. The van der Waals surface area contributed by atoms with Gasteiger partial charge in [0.1, 0.15) is 11.6 Å². The Morgan fingerprint density at radius 1 is 1.24 bits per heavy atom. The standard InChI is InChI=1S/C15H17N5O/c1-10-11(7-8-21-10)9-20(2)14-12-5-3-4-6-13(12)17-15(18-14)19-16/h3-8H,9,16H2,1-2H3,(H,17,18,19). The molecule has 0 spiro atoms. The lowest BCUT2D eigenvalue weighted by Gasteiger charge is -2.20. The second kappa shape index (κ2) is 5.41. The molecule has 0 aliphatic carbocycles. The normalized spacial score (nSPS) is 10.8. The summed E-state index contributed by atoms with van der Waals surface area (Å²) >= 11 is 0. The van der Waals surface area contributed by atoms with Crippen molar-refractivity contribution in [2.75, 3.05) is 17.4 Å². The SMILES string of the molecule is Cc1occc1CN(C)c1nc(NN)nc2ccccc12. The van der Waals surface area contributed by atoms with Crippen LogP contribution in [-0.2, 0) is 6.54 Å². The Labute approximate surface area is 122 Å². The summed E-state index contributed by atoms with van der Waals surface area (Å²) in [6, 6.07) is 9.83. The van der Waals surface area contributed by atoms with Crippen LogP contribution < -0.4 is 16.2 Å². The smallest absolute Gasteiger partial charge is 0.239 e. The molecule has 21 heavy (non-hydrogen) atoms. The third-order valence-electron chi connectivity index (χ3n) is 3.45. The van der Waals surface area contributed by atoms with E-state index in [1.807, 2.05) is 44.3 Å². The highest BCUT2D eigenvalue weighted by atomic mass is 16.3. The number of aryl methyl sites for hydroxylation is 1. The van der Waals surface area contributed by atoms with Crippen molar-refractivity contribution < 1.29 is 4.42 Å². The summed E-state index contributed by atoms with van der Waals surface area (Å²) in [7, 11) is 1.99. The topological polar surface area (TPSA) is 80.2 Å². The number of benzene rings is 1. The number of nitrogens with two attached hydrogens (primary N) is 1. The van der Waals surface area contributed by atoms with Gasteiger partial charge in [-0.1, -0.05) is 12.1 Å². The molecule has 0 radical (unpaired) electrons. The van der Waals surface area contributed by atoms with Gasteiger partial charge in [-0.15, -0.1) is 0 Å². The fourth-order valence-corrected chi connectivity index (χ4v) is 2.32. The fourth-order valence-electron chi connectivity index (χ4n) is 2.32. The molecule has 0 amide bonds. The molecule has 0 unspecified atom stereocenters. The maximum atomic E-state index is 5.46. The Morgan fingerprint density at radius 2 is 2.05 bits per heavy atom. The first-order valence-corrected chi connectivity index (χ1v) is 6.66. The van der Waals surface area contributed by atoms with E-state index in [1.165, 1.54) is 0 Å². The molecule has 0 saturated heterocycles. The Hall–Kier alpha value is -2.60. The van der Waals surface area contributed by atoms with Gasteiger partial charge in [0.25, 0.3) is 0 Å². The number of hydrogen-bond donors (Lipinski definition) is 2. The lowest BCUT2D eigenvalue weighted by Crippen LogP contribution is -2.20. The Morgan fingerprint density at radius 3 is 2.76 bits per heavy atom. The van der Waals surface area contributed by atoms with E-state index in [2.05, 4.69) is 20.3 Å². The molecule has 0 aliphatic rings. The molecule has 1 aromatic carbocycles. The van der Waals surface area contributed by atoms with Gasteiger partial charge in [-0.25, -0.2) is 10.8 Å². The van der Waals surface area contributed by atoms with Crippen LogP contribution >= 0.6 is 0 Å². The number of nitrogens with zero attached hydrogens (tertiary/aromatic N) is 3. The van der Waals surface area contributed by atoms with Gasteiger partial charge in [-0.3, -0.25) is 5.43 Å². The van der Waals surface area contributed by atoms with E-state index in [-0.39, 0.29) is 0 Å². The van der Waals surface area contributed by atoms with Gasteiger partial charge in [0.2, 0.25) is 5.95 Å². The highest BCUT2D eigenvalue weighted by molar-refractivity contribution is 5.90. The van der Waals surface area contributed by atoms with E-state index in [0.29, 0.717) is 12.5 Å². The summed E-state index contributed by atoms with van der Waals surface area (Å²) in [5.41, 5.74) is 4.50. The number of hydrogen-bond acceptors (Lipinski definition) is 6. The molecule has 3 N–H and O–H groups in total. The van der Waals surface area contributed by atoms with Gasteiger partial charge < -0.3 is 9.32 Å². The number of fused-ring (bicyclic) bond motifs is 1. The average molecular weight is 283 g/mol. The molecular formula is C15H17N5O. The van der Waals surface area contributed by atoms with Crippen molar-refractivity contribution in [3.05, 3.63) is 47.9 Å². The first-order chi connectivity index (χ1) is 10.2. The number of hydrazine groups is 1. The van der Waals surface area contributed by atoms with Crippen LogP contribution in [0.3, 0.4) is 0 Å². The zero-order chi connectivity index (χ0) is 14.8. The quantitative estimate of drug-likeness (QED) is 0.565. The molecule has 6 nitrogen and oxygen atoms in total. The van der Waals surface area contributed by atoms with Crippen molar-refractivity contribution in [3.8, 4) is 0 Å². The van der Waals surface area contributed by atoms with E-state index in [1.54, 1.807) is 6.26 Å². The zero-order valence-electron chi connectivity index (χ0n) is 12.0. The predicted molar refractivity (Wildman–Crippen MR) is 82.9 cm³/mol. The molecule has 2 aromatic heterocycles. The fraction of sp³-hybridized carbons (Fsp3) is 0.200. The van der Waals surface area contributed by atoms with Crippen LogP contribution in [0, 0.1) is 6.92 Å². The monoisotopic (exact) mass is 283 g/mol. The van der Waals surface area contributed by atoms with Gasteiger partial charge in [-0.05, 0) is 25.1 Å². The molecule has 2 heterocycles. The summed E-state index contributed by atoms with van der Waals surface area (Å²) < 4.78 is 5.34. The minimum absolute atomic E-state index is 0.402. The third-order valence-corrected chi connectivity index (χ3v) is 3.45. The van der Waals surface area contributed by atoms with Crippen LogP contribution in [-0.4, -0.2) is 17.0 Å². The number of nitrogen functional groups attached to an aromatic ring is 1. The maximum Gasteiger partial charge on any atom is 0.239 e. The Kier molecular flexibility index (Phi) is 3.45. The van der Waals surface area contributed by atoms with E-state index in [0.717, 1.165) is 28.0 Å². The molecule has 108 valence electrons. The minimum Gasteiger partial charge on any atom is -0.469 e. The van der Waals surface area contributed by atoms with Gasteiger partial charge in [0.05, 0.1) is 11.8 Å². The second-order valence-electron chi connectivity index (χ2n) is 4.89. The number of furan rings is 1. The average Bonchev–Trinajstić information content (AvgIpc) is 2.91. The number of nitrogens with one attached hydrogen (secondary N) is 1. The van der Waals surface area contributed by atoms with Gasteiger partial charge in [0, 0.05) is 24.5 Å². The third kappa shape index (κ3) is 2.53. The molecule has 3 rings (SSSR count). The number of aromatic nitrogens is 2. The first-order valence-electron chi connectivity index (χ1n) is 6.66. The molecular weight excluding hydrogens is 266 g/mol. The van der Waals surface area contributed by atoms with Gasteiger partial charge >= 0.3 is 0 Å². The summed E-state index contributed by atoms with van der Waals surface area (Å²) in [6.45, 7) is 2.65. The first kappa shape index (κ1) is 13.4. The van der Waals surface area contributed by atoms with Gasteiger partial charge in [-0.2, -0.15) is 4.98 Å². The maximum absolute atomic E-state index is 5.46. The van der Waals surface area contributed by atoms with Crippen LogP contribution in [0.2, 0.25) is 0 Å². The lowest BCUT2D eigenvalue weighted by molar-refractivity contribution is 0.529. The van der Waals surface area contributed by atoms with Crippen LogP contribution in [0.4, 0.5) is 11.8 Å². The number of anilines is 2. The largest absolute Gasteiger partial charge is 0.469 e. The molecule has 6 heteroatoms. The lowest BCUT2D eigenvalue weighted by atomic mass is 10.2. The summed E-state index contributed by atoms with van der Waals surface area (Å²) in [4.78, 5) is 10.9. The van der Waals surface area contributed by atoms with Crippen LogP contribution in [0.5, 0.6) is 0 Å². The van der Waals surface area contributed by atoms with Crippen molar-refractivity contribution in [1.29, 1.82) is 0 Å². The summed E-state index contributed by atoms with van der Waals surface area (Å²) in [5, 5.41) is 0.986.